The number of hydrogen-bond acceptors (Lipinski definition) is 7. The van der Waals surface area contributed by atoms with Crippen LogP contribution in [0.3, 0.4) is 0 Å². The van der Waals surface area contributed by atoms with E-state index in [1.807, 2.05) is 0 Å². The fourth-order valence-electron chi connectivity index (χ4n) is 5.38. The van der Waals surface area contributed by atoms with E-state index < -0.39 is 97.6 Å². The number of rotatable bonds is 8. The van der Waals surface area contributed by atoms with Crippen molar-refractivity contribution in [1.29, 1.82) is 0 Å². The molecule has 0 spiro atoms. The van der Waals surface area contributed by atoms with Crippen molar-refractivity contribution in [2.45, 2.75) is 56.6 Å². The molecule has 2 bridgehead atoms. The lowest BCUT2D eigenvalue weighted by Crippen LogP contribution is -2.50. The molecule has 10 nitrogen and oxygen atoms in total. The first kappa shape index (κ1) is 33.0. The first-order chi connectivity index (χ1) is 21.6. The van der Waals surface area contributed by atoms with Gasteiger partial charge >= 0.3 is 15.6 Å². The van der Waals surface area contributed by atoms with E-state index in [0.717, 1.165) is 10.8 Å². The highest BCUT2D eigenvalue weighted by Crippen LogP contribution is 2.38. The number of halogens is 6. The molecule has 2 aromatic carbocycles. The van der Waals surface area contributed by atoms with Crippen molar-refractivity contribution in [1.82, 2.24) is 14.8 Å². The first-order valence-electron chi connectivity index (χ1n) is 13.8. The second-order valence-corrected chi connectivity index (χ2v) is 12.3. The number of nitrogens with zero attached hydrogens (tertiary/aromatic N) is 2. The van der Waals surface area contributed by atoms with Crippen LogP contribution in [-0.2, 0) is 27.5 Å². The van der Waals surface area contributed by atoms with Crippen LogP contribution in [0.2, 0.25) is 0 Å². The molecule has 1 saturated heterocycles. The van der Waals surface area contributed by atoms with Crippen LogP contribution < -0.4 is 15.5 Å². The smallest absolute Gasteiger partial charge is 0.483 e. The van der Waals surface area contributed by atoms with Crippen molar-refractivity contribution in [3.8, 4) is 5.75 Å². The van der Waals surface area contributed by atoms with E-state index in [1.165, 1.54) is 4.90 Å². The Bertz CT molecular complexity index is 1830. The van der Waals surface area contributed by atoms with Crippen molar-refractivity contribution in [2.75, 3.05) is 6.54 Å². The quantitative estimate of drug-likeness (QED) is 0.216. The first-order valence-corrected chi connectivity index (χ1v) is 15.2. The van der Waals surface area contributed by atoms with E-state index >= 15 is 0 Å². The average molecular weight is 674 g/mol. The zero-order valence-electron chi connectivity index (χ0n) is 23.8. The molecule has 0 unspecified atom stereocenters. The second kappa shape index (κ2) is 12.4. The van der Waals surface area contributed by atoms with Crippen molar-refractivity contribution in [2.24, 2.45) is 0 Å². The van der Waals surface area contributed by atoms with Gasteiger partial charge in [0.2, 0.25) is 5.43 Å². The van der Waals surface area contributed by atoms with E-state index in [9.17, 15) is 49.1 Å². The molecule has 46 heavy (non-hydrogen) atoms. The second-order valence-electron chi connectivity index (χ2n) is 10.7. The number of pyridine rings is 1. The van der Waals surface area contributed by atoms with Crippen molar-refractivity contribution in [3.05, 3.63) is 98.7 Å². The molecule has 2 aliphatic heterocycles. The molecule has 0 radical (unpaired) electrons. The molecule has 2 amide bonds. The lowest BCUT2D eigenvalue weighted by molar-refractivity contribution is -0.0597. The molecular weight excluding hydrogens is 648 g/mol. The normalized spacial score (nSPS) is 19.8. The number of carbonyl (C=O) groups excluding carboxylic acids is 2. The van der Waals surface area contributed by atoms with Crippen LogP contribution in [0.1, 0.15) is 57.8 Å². The molecule has 1 fully saturated rings. The van der Waals surface area contributed by atoms with Crippen LogP contribution in [-0.4, -0.2) is 53.9 Å². The van der Waals surface area contributed by atoms with Gasteiger partial charge in [-0.25, -0.2) is 13.2 Å². The number of alkyl halides is 3. The van der Waals surface area contributed by atoms with Gasteiger partial charge in [0.25, 0.3) is 11.8 Å². The number of benzene rings is 2. The molecule has 5 rings (SSSR count). The number of fused-ring (bicyclic) bond motifs is 4. The summed E-state index contributed by atoms with van der Waals surface area (Å²) >= 11 is 0. The summed E-state index contributed by atoms with van der Waals surface area (Å²) in [6.45, 7) is 0.0971. The number of aromatic nitrogens is 1. The summed E-state index contributed by atoms with van der Waals surface area (Å²) < 4.78 is 117. The fourth-order valence-corrected chi connectivity index (χ4v) is 6.04. The highest BCUT2D eigenvalue weighted by molar-refractivity contribution is 7.87. The number of nitrogens with one attached hydrogen (secondary N) is 1. The number of carbonyl (C=O) groups is 2. The van der Waals surface area contributed by atoms with E-state index in [0.29, 0.717) is 17.7 Å². The minimum atomic E-state index is -6.11. The summed E-state index contributed by atoms with van der Waals surface area (Å²) in [4.78, 5) is 42.0. The maximum Gasteiger partial charge on any atom is 0.523 e. The maximum atomic E-state index is 14.2. The van der Waals surface area contributed by atoms with Gasteiger partial charge in [0.05, 0.1) is 12.1 Å². The van der Waals surface area contributed by atoms with Crippen molar-refractivity contribution >= 4 is 21.9 Å². The largest absolute Gasteiger partial charge is 0.523 e. The maximum absolute atomic E-state index is 14.2. The Morgan fingerprint density at radius 3 is 2.33 bits per heavy atom. The zero-order valence-corrected chi connectivity index (χ0v) is 24.6. The Balaban J connectivity index is 1.62. The van der Waals surface area contributed by atoms with Gasteiger partial charge in [0, 0.05) is 43.0 Å². The molecular formula is C29H25F6N3O7S. The minimum absolute atomic E-state index is 0.0292. The van der Waals surface area contributed by atoms with E-state index in [-0.39, 0.29) is 26.0 Å². The molecule has 3 aromatic rings. The molecule has 3 atom stereocenters. The molecule has 0 saturated carbocycles. The van der Waals surface area contributed by atoms with Gasteiger partial charge in [-0.05, 0) is 25.3 Å². The third kappa shape index (κ3) is 6.33. The summed E-state index contributed by atoms with van der Waals surface area (Å²) in [6.07, 6.45) is -1.09. The van der Waals surface area contributed by atoms with Gasteiger partial charge in [-0.2, -0.15) is 21.6 Å². The van der Waals surface area contributed by atoms with Gasteiger partial charge < -0.3 is 19.5 Å². The van der Waals surface area contributed by atoms with Crippen LogP contribution >= 0.6 is 0 Å². The SMILES string of the molecule is C[C@H]1CC[C@H](OS(=O)(=O)C(F)(F)F)[C@H]2CN1C(=O)c1c(OCc3ccccc3)c(=O)c(C(=O)NCc3c(F)cc(F)cc3F)cn12. The lowest BCUT2D eigenvalue weighted by atomic mass is 10.0. The summed E-state index contributed by atoms with van der Waals surface area (Å²) in [7, 11) is -6.11. The lowest BCUT2D eigenvalue weighted by Gasteiger charge is -2.39. The summed E-state index contributed by atoms with van der Waals surface area (Å²) in [5, 5.41) is 2.14. The number of hydrogen-bond donors (Lipinski definition) is 1. The molecule has 1 aromatic heterocycles. The predicted molar refractivity (Wildman–Crippen MR) is 148 cm³/mol. The fraction of sp³-hybridized carbons (Fsp3) is 0.345. The Hall–Kier alpha value is -4.38. The number of ether oxygens (including phenoxy) is 1. The zero-order chi connectivity index (χ0) is 33.6. The summed E-state index contributed by atoms with van der Waals surface area (Å²) in [5.41, 5.74) is -8.31. The van der Waals surface area contributed by atoms with Crippen molar-refractivity contribution in [3.63, 3.8) is 0 Å². The van der Waals surface area contributed by atoms with Crippen LogP contribution in [0.15, 0.2) is 53.5 Å². The van der Waals surface area contributed by atoms with Gasteiger partial charge in [-0.15, -0.1) is 0 Å². The molecule has 2 aliphatic rings. The summed E-state index contributed by atoms with van der Waals surface area (Å²) in [6, 6.07) is 7.08. The van der Waals surface area contributed by atoms with Gasteiger partial charge in [-0.1, -0.05) is 30.3 Å². The van der Waals surface area contributed by atoms with Gasteiger partial charge in [0.15, 0.2) is 11.4 Å². The highest BCUT2D eigenvalue weighted by Gasteiger charge is 2.51. The average Bonchev–Trinajstić information content (AvgIpc) is 3.11. The molecule has 1 N–H and O–H groups in total. The van der Waals surface area contributed by atoms with E-state index in [1.54, 1.807) is 37.3 Å². The van der Waals surface area contributed by atoms with Gasteiger partial charge in [0.1, 0.15) is 29.6 Å². The standard InChI is InChI=1S/C29H25F6N3O7S/c1-15-7-8-23(45-46(42,43)29(33,34)35)22-13-37(15)28(41)24-26(44-14-16-5-3-2-4-6-16)25(39)19(12-38(22)24)27(40)36-11-18-20(31)9-17(30)10-21(18)32/h2-6,9-10,12,15,22-23H,7-8,11,13-14H2,1H3,(H,36,40)/t15-,22+,23-/m0/s1. The van der Waals surface area contributed by atoms with Gasteiger partial charge in [-0.3, -0.25) is 18.6 Å². The Labute approximate surface area is 257 Å². The molecule has 3 heterocycles. The van der Waals surface area contributed by atoms with Crippen LogP contribution in [0.5, 0.6) is 5.75 Å². The Morgan fingerprint density at radius 2 is 1.70 bits per heavy atom. The van der Waals surface area contributed by atoms with Crippen LogP contribution in [0.25, 0.3) is 0 Å². The third-order valence-electron chi connectivity index (χ3n) is 7.76. The Kier molecular flexibility index (Phi) is 8.92. The Morgan fingerprint density at radius 1 is 1.04 bits per heavy atom. The molecule has 246 valence electrons. The van der Waals surface area contributed by atoms with Crippen LogP contribution in [0.4, 0.5) is 26.3 Å². The van der Waals surface area contributed by atoms with Crippen LogP contribution in [0, 0.1) is 17.5 Å². The van der Waals surface area contributed by atoms with Crippen molar-refractivity contribution < 1.29 is 53.3 Å². The highest BCUT2D eigenvalue weighted by atomic mass is 32.2. The van der Waals surface area contributed by atoms with E-state index in [2.05, 4.69) is 9.50 Å². The number of amides is 2. The van der Waals surface area contributed by atoms with E-state index in [4.69, 9.17) is 4.74 Å². The third-order valence-corrected chi connectivity index (χ3v) is 8.83. The molecule has 0 aliphatic carbocycles. The topological polar surface area (TPSA) is 124 Å². The monoisotopic (exact) mass is 673 g/mol. The summed E-state index contributed by atoms with van der Waals surface area (Å²) in [5.74, 6) is -6.52. The predicted octanol–water partition coefficient (Wildman–Crippen LogP) is 4.19. The minimum Gasteiger partial charge on any atom is -0.483 e. The molecule has 17 heteroatoms.